The average Bonchev–Trinajstić information content (AvgIpc) is 2.78. The van der Waals surface area contributed by atoms with Crippen molar-refractivity contribution in [2.45, 2.75) is 38.1 Å². The molecule has 1 aliphatic carbocycles. The van der Waals surface area contributed by atoms with Crippen molar-refractivity contribution < 1.29 is 9.53 Å². The molecule has 2 rings (SSSR count). The highest BCUT2D eigenvalue weighted by atomic mass is 16.5. The maximum atomic E-state index is 12.1. The van der Waals surface area contributed by atoms with Crippen LogP contribution in [0.25, 0.3) is 0 Å². The maximum absolute atomic E-state index is 12.1. The third-order valence-corrected chi connectivity index (χ3v) is 3.87. The molecule has 4 nitrogen and oxygen atoms in total. The zero-order chi connectivity index (χ0) is 11.4. The number of hydrogen-bond acceptors (Lipinski definition) is 3. The zero-order valence-corrected chi connectivity index (χ0v) is 9.78. The minimum absolute atomic E-state index is 0.160. The molecule has 16 heavy (non-hydrogen) atoms. The first-order chi connectivity index (χ1) is 7.81. The number of amides is 1. The summed E-state index contributed by atoms with van der Waals surface area (Å²) in [7, 11) is 0. The highest BCUT2D eigenvalue weighted by Crippen LogP contribution is 2.31. The summed E-state index contributed by atoms with van der Waals surface area (Å²) in [5.41, 5.74) is 5.70. The largest absolute Gasteiger partial charge is 0.381 e. The van der Waals surface area contributed by atoms with Gasteiger partial charge < -0.3 is 15.8 Å². The van der Waals surface area contributed by atoms with Gasteiger partial charge in [0, 0.05) is 25.2 Å². The normalized spacial score (nSPS) is 31.6. The third kappa shape index (κ3) is 2.74. The fourth-order valence-corrected chi connectivity index (χ4v) is 2.81. The number of rotatable bonds is 3. The molecule has 1 saturated heterocycles. The summed E-state index contributed by atoms with van der Waals surface area (Å²) in [6.07, 6.45) is 5.17. The van der Waals surface area contributed by atoms with Gasteiger partial charge in [0.05, 0.1) is 0 Å². The monoisotopic (exact) mass is 226 g/mol. The van der Waals surface area contributed by atoms with Gasteiger partial charge in [0.25, 0.3) is 0 Å². The van der Waals surface area contributed by atoms with Crippen molar-refractivity contribution in [3.63, 3.8) is 0 Å². The summed E-state index contributed by atoms with van der Waals surface area (Å²) in [5.74, 6) is 0.785. The molecular formula is C12H22N2O2. The number of carbonyl (C=O) groups is 1. The van der Waals surface area contributed by atoms with Crippen molar-refractivity contribution >= 4 is 5.91 Å². The topological polar surface area (TPSA) is 64.4 Å². The van der Waals surface area contributed by atoms with Gasteiger partial charge in [-0.05, 0) is 38.1 Å². The Labute approximate surface area is 96.9 Å². The predicted molar refractivity (Wildman–Crippen MR) is 61.9 cm³/mol. The Bertz CT molecular complexity index is 239. The molecule has 0 bridgehead atoms. The molecule has 1 saturated carbocycles. The van der Waals surface area contributed by atoms with Gasteiger partial charge in [-0.15, -0.1) is 0 Å². The first kappa shape index (κ1) is 11.9. The second-order valence-corrected chi connectivity index (χ2v) is 4.93. The van der Waals surface area contributed by atoms with E-state index in [1.165, 1.54) is 0 Å². The van der Waals surface area contributed by atoms with Crippen LogP contribution in [0.2, 0.25) is 0 Å². The molecule has 2 aliphatic rings. The van der Waals surface area contributed by atoms with Gasteiger partial charge >= 0.3 is 0 Å². The van der Waals surface area contributed by atoms with Crippen LogP contribution in [0.15, 0.2) is 0 Å². The molecule has 0 aromatic carbocycles. The molecule has 0 aromatic heterocycles. The lowest BCUT2D eigenvalue weighted by Crippen LogP contribution is -2.43. The number of hydrogen-bond donors (Lipinski definition) is 2. The first-order valence-electron chi connectivity index (χ1n) is 6.39. The van der Waals surface area contributed by atoms with Crippen molar-refractivity contribution in [2.24, 2.45) is 17.6 Å². The molecule has 4 heteroatoms. The summed E-state index contributed by atoms with van der Waals surface area (Å²) < 4.78 is 5.28. The average molecular weight is 226 g/mol. The smallest absolute Gasteiger partial charge is 0.223 e. The Hall–Kier alpha value is -0.610. The molecule has 3 N–H and O–H groups in total. The molecule has 2 fully saturated rings. The quantitative estimate of drug-likeness (QED) is 0.743. The second kappa shape index (κ2) is 5.64. The fourth-order valence-electron chi connectivity index (χ4n) is 2.81. The minimum Gasteiger partial charge on any atom is -0.381 e. The van der Waals surface area contributed by atoms with E-state index in [2.05, 4.69) is 5.32 Å². The van der Waals surface area contributed by atoms with Gasteiger partial charge in [0.1, 0.15) is 0 Å². The van der Waals surface area contributed by atoms with E-state index < -0.39 is 0 Å². The minimum atomic E-state index is 0.160. The van der Waals surface area contributed by atoms with Crippen LogP contribution in [-0.2, 0) is 9.53 Å². The molecule has 0 radical (unpaired) electrons. The highest BCUT2D eigenvalue weighted by Gasteiger charge is 2.32. The molecule has 0 unspecified atom stereocenters. The van der Waals surface area contributed by atoms with Gasteiger partial charge in [0.2, 0.25) is 5.91 Å². The fraction of sp³-hybridized carbons (Fsp3) is 0.917. The zero-order valence-electron chi connectivity index (χ0n) is 9.78. The molecular weight excluding hydrogens is 204 g/mol. The summed E-state index contributed by atoms with van der Waals surface area (Å²) in [6, 6.07) is 0.320. The lowest BCUT2D eigenvalue weighted by Gasteiger charge is -2.26. The Morgan fingerprint density at radius 1 is 1.25 bits per heavy atom. The van der Waals surface area contributed by atoms with E-state index in [-0.39, 0.29) is 11.8 Å². The van der Waals surface area contributed by atoms with E-state index in [0.29, 0.717) is 18.5 Å². The lowest BCUT2D eigenvalue weighted by atomic mass is 9.94. The molecule has 1 aliphatic heterocycles. The number of ether oxygens (including phenoxy) is 1. The Kier molecular flexibility index (Phi) is 4.18. The summed E-state index contributed by atoms with van der Waals surface area (Å²) in [6.45, 7) is 2.19. The van der Waals surface area contributed by atoms with E-state index in [1.807, 2.05) is 0 Å². The highest BCUT2D eigenvalue weighted by molar-refractivity contribution is 5.79. The number of carbonyl (C=O) groups excluding carboxylic acids is 1. The molecule has 1 amide bonds. The van der Waals surface area contributed by atoms with Gasteiger partial charge in [-0.3, -0.25) is 4.79 Å². The van der Waals surface area contributed by atoms with Gasteiger partial charge in [-0.25, -0.2) is 0 Å². The van der Waals surface area contributed by atoms with E-state index in [1.54, 1.807) is 0 Å². The molecule has 1 heterocycles. The van der Waals surface area contributed by atoms with Crippen molar-refractivity contribution in [3.8, 4) is 0 Å². The van der Waals surface area contributed by atoms with Crippen LogP contribution in [0, 0.1) is 11.8 Å². The lowest BCUT2D eigenvalue weighted by molar-refractivity contribution is -0.127. The van der Waals surface area contributed by atoms with E-state index in [4.69, 9.17) is 10.5 Å². The summed E-state index contributed by atoms with van der Waals surface area (Å²) >= 11 is 0. The second-order valence-electron chi connectivity index (χ2n) is 4.93. The molecule has 92 valence electrons. The Morgan fingerprint density at radius 2 is 2.00 bits per heavy atom. The summed E-state index contributed by atoms with van der Waals surface area (Å²) in [4.78, 5) is 12.1. The van der Waals surface area contributed by atoms with Crippen molar-refractivity contribution in [1.82, 2.24) is 5.32 Å². The van der Waals surface area contributed by atoms with Crippen LogP contribution in [-0.4, -0.2) is 31.7 Å². The van der Waals surface area contributed by atoms with E-state index >= 15 is 0 Å². The molecule has 0 aromatic rings. The number of nitrogens with two attached hydrogens (primary N) is 1. The predicted octanol–water partition coefficient (Wildman–Crippen LogP) is 0.657. The van der Waals surface area contributed by atoms with Crippen LogP contribution in [0.5, 0.6) is 0 Å². The van der Waals surface area contributed by atoms with Crippen LogP contribution < -0.4 is 11.1 Å². The SMILES string of the molecule is NC[C@H]1CCC[C@H]1C(=O)NC1CCOCC1. The maximum Gasteiger partial charge on any atom is 0.223 e. The third-order valence-electron chi connectivity index (χ3n) is 3.87. The van der Waals surface area contributed by atoms with Gasteiger partial charge in [-0.1, -0.05) is 6.42 Å². The van der Waals surface area contributed by atoms with Crippen molar-refractivity contribution in [3.05, 3.63) is 0 Å². The Morgan fingerprint density at radius 3 is 2.69 bits per heavy atom. The van der Waals surface area contributed by atoms with Crippen molar-refractivity contribution in [1.29, 1.82) is 0 Å². The Balaban J connectivity index is 1.82. The van der Waals surface area contributed by atoms with Crippen LogP contribution in [0.3, 0.4) is 0 Å². The van der Waals surface area contributed by atoms with Crippen LogP contribution in [0.1, 0.15) is 32.1 Å². The van der Waals surface area contributed by atoms with Gasteiger partial charge in [-0.2, -0.15) is 0 Å². The van der Waals surface area contributed by atoms with Crippen molar-refractivity contribution in [2.75, 3.05) is 19.8 Å². The number of nitrogens with one attached hydrogen (secondary N) is 1. The standard InChI is InChI=1S/C12H22N2O2/c13-8-9-2-1-3-11(9)12(15)14-10-4-6-16-7-5-10/h9-11H,1-8,13H2,(H,14,15)/t9-,11-/m1/s1. The van der Waals surface area contributed by atoms with Gasteiger partial charge in [0.15, 0.2) is 0 Å². The summed E-state index contributed by atoms with van der Waals surface area (Å²) in [5, 5.41) is 3.15. The molecule has 0 spiro atoms. The van der Waals surface area contributed by atoms with E-state index in [9.17, 15) is 4.79 Å². The van der Waals surface area contributed by atoms with Crippen LogP contribution >= 0.6 is 0 Å². The first-order valence-corrected chi connectivity index (χ1v) is 6.39. The van der Waals surface area contributed by atoms with Crippen LogP contribution in [0.4, 0.5) is 0 Å². The molecule has 2 atom stereocenters. The van der Waals surface area contributed by atoms with E-state index in [0.717, 1.165) is 45.3 Å².